The highest BCUT2D eigenvalue weighted by atomic mass is 32.1. The van der Waals surface area contributed by atoms with Gasteiger partial charge in [-0.3, -0.25) is 0 Å². The summed E-state index contributed by atoms with van der Waals surface area (Å²) in [5.74, 6) is 0. The van der Waals surface area contributed by atoms with Gasteiger partial charge in [0.25, 0.3) is 0 Å². The Morgan fingerprint density at radius 2 is 1.90 bits per heavy atom. The summed E-state index contributed by atoms with van der Waals surface area (Å²) >= 11 is 1.77. The molecule has 0 saturated heterocycles. The summed E-state index contributed by atoms with van der Waals surface area (Å²) in [5.41, 5.74) is 2.69. The number of benzene rings is 1. The van der Waals surface area contributed by atoms with E-state index in [1.807, 2.05) is 0 Å². The summed E-state index contributed by atoms with van der Waals surface area (Å²) in [7, 11) is 0. The van der Waals surface area contributed by atoms with Gasteiger partial charge in [0.15, 0.2) is 0 Å². The summed E-state index contributed by atoms with van der Waals surface area (Å²) in [4.78, 5) is 4.73. The van der Waals surface area contributed by atoms with Gasteiger partial charge in [0.05, 0.1) is 10.7 Å². The average molecular weight is 288 g/mol. The van der Waals surface area contributed by atoms with E-state index in [1.165, 1.54) is 16.3 Å². The van der Waals surface area contributed by atoms with Gasteiger partial charge >= 0.3 is 0 Å². The average Bonchev–Trinajstić information content (AvgIpc) is 2.88. The molecule has 0 spiro atoms. The van der Waals surface area contributed by atoms with Crippen LogP contribution < -0.4 is 5.32 Å². The summed E-state index contributed by atoms with van der Waals surface area (Å²) in [6.45, 7) is 9.80. The van der Waals surface area contributed by atoms with Crippen LogP contribution in [0.3, 0.4) is 0 Å². The van der Waals surface area contributed by atoms with Crippen molar-refractivity contribution in [3.63, 3.8) is 0 Å². The van der Waals surface area contributed by atoms with E-state index in [9.17, 15) is 0 Å². The van der Waals surface area contributed by atoms with E-state index < -0.39 is 0 Å². The van der Waals surface area contributed by atoms with Crippen molar-refractivity contribution in [2.75, 3.05) is 6.54 Å². The number of nitrogens with zero attached hydrogens (tertiary/aromatic N) is 1. The molecule has 0 radical (unpaired) electrons. The van der Waals surface area contributed by atoms with Gasteiger partial charge in [-0.1, -0.05) is 51.1 Å². The van der Waals surface area contributed by atoms with Gasteiger partial charge in [0.2, 0.25) is 0 Å². The molecule has 0 fully saturated rings. The third-order valence-corrected chi connectivity index (χ3v) is 4.32. The van der Waals surface area contributed by atoms with E-state index in [2.05, 4.69) is 68.7 Å². The number of thiazole rings is 1. The topological polar surface area (TPSA) is 24.9 Å². The van der Waals surface area contributed by atoms with Crippen LogP contribution in [0, 0.1) is 0 Å². The van der Waals surface area contributed by atoms with Crippen molar-refractivity contribution in [1.82, 2.24) is 10.3 Å². The van der Waals surface area contributed by atoms with Gasteiger partial charge in [-0.05, 0) is 12.5 Å². The molecule has 0 amide bonds. The molecule has 0 bridgehead atoms. The summed E-state index contributed by atoms with van der Waals surface area (Å²) in [5, 5.41) is 6.98. The van der Waals surface area contributed by atoms with E-state index in [-0.39, 0.29) is 5.41 Å². The van der Waals surface area contributed by atoms with E-state index >= 15 is 0 Å². The zero-order valence-electron chi connectivity index (χ0n) is 12.8. The first-order valence-electron chi connectivity index (χ1n) is 7.20. The predicted octanol–water partition coefficient (Wildman–Crippen LogP) is 4.33. The molecule has 1 aromatic heterocycles. The highest BCUT2D eigenvalue weighted by Crippen LogP contribution is 2.24. The van der Waals surface area contributed by atoms with Gasteiger partial charge in [-0.25, -0.2) is 4.98 Å². The van der Waals surface area contributed by atoms with E-state index in [0.717, 1.165) is 13.0 Å². The van der Waals surface area contributed by atoms with Crippen molar-refractivity contribution in [1.29, 1.82) is 0 Å². The molecule has 1 aromatic carbocycles. The molecular weight excluding hydrogens is 264 g/mol. The lowest BCUT2D eigenvalue weighted by molar-refractivity contribution is 0.561. The Morgan fingerprint density at radius 1 is 1.20 bits per heavy atom. The van der Waals surface area contributed by atoms with Crippen LogP contribution in [0.25, 0.3) is 0 Å². The standard InChI is InChI=1S/C17H24N2S/c1-13(14-8-6-5-7-9-14)18-11-10-16-19-15(12-20-16)17(2,3)4/h5-9,12-13,18H,10-11H2,1-4H3. The van der Waals surface area contributed by atoms with Crippen LogP contribution in [-0.2, 0) is 11.8 Å². The lowest BCUT2D eigenvalue weighted by Crippen LogP contribution is -2.21. The fraction of sp³-hybridized carbons (Fsp3) is 0.471. The molecule has 1 unspecified atom stereocenters. The fourth-order valence-corrected chi connectivity index (χ4v) is 3.05. The highest BCUT2D eigenvalue weighted by Gasteiger charge is 2.17. The predicted molar refractivity (Wildman–Crippen MR) is 87.4 cm³/mol. The molecule has 0 saturated carbocycles. The Labute approximate surface area is 126 Å². The summed E-state index contributed by atoms with van der Waals surface area (Å²) in [6, 6.07) is 10.9. The van der Waals surface area contributed by atoms with Crippen molar-refractivity contribution < 1.29 is 0 Å². The Balaban J connectivity index is 1.83. The van der Waals surface area contributed by atoms with Crippen LogP contribution in [0.1, 0.15) is 50.0 Å². The SMILES string of the molecule is CC(NCCc1nc(C(C)(C)C)cs1)c1ccccc1. The Bertz CT molecular complexity index is 525. The van der Waals surface area contributed by atoms with Crippen molar-refractivity contribution in [2.24, 2.45) is 0 Å². The molecule has 20 heavy (non-hydrogen) atoms. The van der Waals surface area contributed by atoms with E-state index in [1.54, 1.807) is 11.3 Å². The first-order chi connectivity index (χ1) is 9.47. The van der Waals surface area contributed by atoms with Crippen LogP contribution in [-0.4, -0.2) is 11.5 Å². The minimum Gasteiger partial charge on any atom is -0.310 e. The van der Waals surface area contributed by atoms with Crippen LogP contribution in [0.2, 0.25) is 0 Å². The molecule has 0 aliphatic carbocycles. The number of aromatic nitrogens is 1. The van der Waals surface area contributed by atoms with Crippen molar-refractivity contribution >= 4 is 11.3 Å². The Kier molecular flexibility index (Phi) is 4.95. The molecule has 1 atom stereocenters. The van der Waals surface area contributed by atoms with Crippen LogP contribution in [0.4, 0.5) is 0 Å². The van der Waals surface area contributed by atoms with Gasteiger partial charge in [0.1, 0.15) is 0 Å². The largest absolute Gasteiger partial charge is 0.310 e. The van der Waals surface area contributed by atoms with Gasteiger partial charge < -0.3 is 5.32 Å². The monoisotopic (exact) mass is 288 g/mol. The van der Waals surface area contributed by atoms with E-state index in [0.29, 0.717) is 6.04 Å². The second-order valence-corrected chi connectivity index (χ2v) is 7.16. The molecule has 108 valence electrons. The maximum absolute atomic E-state index is 4.73. The zero-order chi connectivity index (χ0) is 14.6. The van der Waals surface area contributed by atoms with Crippen LogP contribution in [0.5, 0.6) is 0 Å². The van der Waals surface area contributed by atoms with E-state index in [4.69, 9.17) is 4.98 Å². The lowest BCUT2D eigenvalue weighted by atomic mass is 9.93. The third-order valence-electron chi connectivity index (χ3n) is 3.41. The number of hydrogen-bond donors (Lipinski definition) is 1. The molecule has 3 heteroatoms. The summed E-state index contributed by atoms with van der Waals surface area (Å²) in [6.07, 6.45) is 0.998. The quantitative estimate of drug-likeness (QED) is 0.885. The molecule has 2 rings (SSSR count). The van der Waals surface area contributed by atoms with Gasteiger partial charge in [0, 0.05) is 29.8 Å². The van der Waals surface area contributed by atoms with Crippen molar-refractivity contribution in [3.05, 3.63) is 52.0 Å². The minimum atomic E-state index is 0.152. The van der Waals surface area contributed by atoms with Crippen LogP contribution >= 0.6 is 11.3 Å². The molecule has 1 N–H and O–H groups in total. The van der Waals surface area contributed by atoms with Gasteiger partial charge in [-0.2, -0.15) is 0 Å². The first kappa shape index (κ1) is 15.2. The molecular formula is C17H24N2S. The Hall–Kier alpha value is -1.19. The van der Waals surface area contributed by atoms with Crippen molar-refractivity contribution in [2.45, 2.75) is 45.6 Å². The molecule has 1 heterocycles. The molecule has 2 nitrogen and oxygen atoms in total. The van der Waals surface area contributed by atoms with Crippen LogP contribution in [0.15, 0.2) is 35.7 Å². The highest BCUT2D eigenvalue weighted by molar-refractivity contribution is 7.09. The fourth-order valence-electron chi connectivity index (χ4n) is 2.03. The molecule has 0 aliphatic rings. The first-order valence-corrected chi connectivity index (χ1v) is 8.08. The van der Waals surface area contributed by atoms with Gasteiger partial charge in [-0.15, -0.1) is 11.3 Å². The second-order valence-electron chi connectivity index (χ2n) is 6.21. The second kappa shape index (κ2) is 6.51. The third kappa shape index (κ3) is 4.15. The normalized spacial score (nSPS) is 13.4. The number of nitrogens with one attached hydrogen (secondary N) is 1. The zero-order valence-corrected chi connectivity index (χ0v) is 13.6. The minimum absolute atomic E-state index is 0.152. The molecule has 0 aliphatic heterocycles. The maximum atomic E-state index is 4.73. The Morgan fingerprint density at radius 3 is 2.50 bits per heavy atom. The molecule has 2 aromatic rings. The lowest BCUT2D eigenvalue weighted by Gasteiger charge is -2.14. The summed E-state index contributed by atoms with van der Waals surface area (Å²) < 4.78 is 0. The smallest absolute Gasteiger partial charge is 0.0941 e. The number of rotatable bonds is 5. The number of hydrogen-bond acceptors (Lipinski definition) is 3. The maximum Gasteiger partial charge on any atom is 0.0941 e. The van der Waals surface area contributed by atoms with Crippen molar-refractivity contribution in [3.8, 4) is 0 Å².